The molecule has 25 heavy (non-hydrogen) atoms. The van der Waals surface area contributed by atoms with Gasteiger partial charge in [-0.25, -0.2) is 19.9 Å². The first kappa shape index (κ1) is 16.0. The van der Waals surface area contributed by atoms with Crippen molar-refractivity contribution in [2.45, 2.75) is 13.0 Å². The van der Waals surface area contributed by atoms with Crippen LogP contribution in [0.1, 0.15) is 11.3 Å². The molecule has 0 spiro atoms. The van der Waals surface area contributed by atoms with E-state index >= 15 is 0 Å². The number of ether oxygens (including phenoxy) is 1. The van der Waals surface area contributed by atoms with Crippen LogP contribution in [0.2, 0.25) is 5.15 Å². The Bertz CT molecular complexity index is 948. The molecule has 128 valence electrons. The van der Waals surface area contributed by atoms with Crippen LogP contribution in [0.4, 0.5) is 11.6 Å². The number of aromatic nitrogens is 4. The first-order chi connectivity index (χ1) is 12.1. The molecular weight excluding hydrogens is 340 g/mol. The summed E-state index contributed by atoms with van der Waals surface area (Å²) in [6.45, 7) is 1.85. The van der Waals surface area contributed by atoms with E-state index in [4.69, 9.17) is 16.3 Å². The lowest BCUT2D eigenvalue weighted by Gasteiger charge is -2.25. The standard InChI is InChI=1S/C17H17ClN6O/c1-24-6-4-12-11(9-24)7-13(16(21-12)25-2)22-17-20-8-10-3-5-19-15(18)14(10)23-17/h3,5,7-8H,4,6,9H2,1-2H3,(H,20,22,23). The Morgan fingerprint density at radius 1 is 1.28 bits per heavy atom. The lowest BCUT2D eigenvalue weighted by molar-refractivity contribution is 0.307. The first-order valence-corrected chi connectivity index (χ1v) is 8.31. The molecule has 7 nitrogen and oxygen atoms in total. The van der Waals surface area contributed by atoms with E-state index in [1.807, 2.05) is 6.07 Å². The number of hydrogen-bond acceptors (Lipinski definition) is 7. The van der Waals surface area contributed by atoms with E-state index in [1.54, 1.807) is 19.5 Å². The Balaban J connectivity index is 1.72. The van der Waals surface area contributed by atoms with E-state index in [0.29, 0.717) is 22.5 Å². The molecule has 1 aliphatic heterocycles. The minimum atomic E-state index is 0.347. The second-order valence-electron chi connectivity index (χ2n) is 6.00. The van der Waals surface area contributed by atoms with Gasteiger partial charge in [-0.2, -0.15) is 0 Å². The van der Waals surface area contributed by atoms with E-state index in [9.17, 15) is 0 Å². The molecule has 4 heterocycles. The van der Waals surface area contributed by atoms with Gasteiger partial charge in [0.2, 0.25) is 11.8 Å². The summed E-state index contributed by atoms with van der Waals surface area (Å²) in [6, 6.07) is 3.87. The van der Waals surface area contributed by atoms with Crippen molar-refractivity contribution in [1.29, 1.82) is 0 Å². The molecule has 0 saturated heterocycles. The SMILES string of the molecule is COc1nc2c(cc1Nc1ncc3ccnc(Cl)c3n1)CN(C)CC2. The molecule has 0 atom stereocenters. The Kier molecular flexibility index (Phi) is 4.10. The smallest absolute Gasteiger partial charge is 0.237 e. The molecule has 0 radical (unpaired) electrons. The summed E-state index contributed by atoms with van der Waals surface area (Å²) >= 11 is 6.13. The van der Waals surface area contributed by atoms with Crippen molar-refractivity contribution in [1.82, 2.24) is 24.8 Å². The Labute approximate surface area is 150 Å². The van der Waals surface area contributed by atoms with Crippen molar-refractivity contribution < 1.29 is 4.74 Å². The quantitative estimate of drug-likeness (QED) is 0.723. The third kappa shape index (κ3) is 3.08. The number of pyridine rings is 2. The summed E-state index contributed by atoms with van der Waals surface area (Å²) in [5, 5.41) is 4.38. The second-order valence-corrected chi connectivity index (χ2v) is 6.36. The molecule has 3 aromatic heterocycles. The van der Waals surface area contributed by atoms with Crippen LogP contribution in [0.25, 0.3) is 10.9 Å². The molecule has 1 N–H and O–H groups in total. The minimum Gasteiger partial charge on any atom is -0.480 e. The van der Waals surface area contributed by atoms with Gasteiger partial charge >= 0.3 is 0 Å². The lowest BCUT2D eigenvalue weighted by atomic mass is 10.1. The van der Waals surface area contributed by atoms with Crippen LogP contribution in [-0.2, 0) is 13.0 Å². The number of methoxy groups -OCH3 is 1. The van der Waals surface area contributed by atoms with Crippen LogP contribution in [0, 0.1) is 0 Å². The summed E-state index contributed by atoms with van der Waals surface area (Å²) in [5.74, 6) is 0.955. The van der Waals surface area contributed by atoms with E-state index < -0.39 is 0 Å². The molecule has 1 aliphatic rings. The number of likely N-dealkylation sites (N-methyl/N-ethyl adjacent to an activating group) is 1. The summed E-state index contributed by atoms with van der Waals surface area (Å²) in [6.07, 6.45) is 4.26. The first-order valence-electron chi connectivity index (χ1n) is 7.93. The minimum absolute atomic E-state index is 0.347. The van der Waals surface area contributed by atoms with Gasteiger partial charge in [0.25, 0.3) is 0 Å². The van der Waals surface area contributed by atoms with Crippen molar-refractivity contribution >= 4 is 34.1 Å². The van der Waals surface area contributed by atoms with Crippen molar-refractivity contribution in [2.24, 2.45) is 0 Å². The molecule has 0 aliphatic carbocycles. The number of fused-ring (bicyclic) bond motifs is 2. The third-order valence-corrected chi connectivity index (χ3v) is 4.50. The number of nitrogens with zero attached hydrogens (tertiary/aromatic N) is 5. The molecule has 0 aromatic carbocycles. The van der Waals surface area contributed by atoms with Gasteiger partial charge in [0.15, 0.2) is 5.15 Å². The van der Waals surface area contributed by atoms with E-state index in [-0.39, 0.29) is 0 Å². The van der Waals surface area contributed by atoms with Gasteiger partial charge < -0.3 is 15.0 Å². The number of nitrogens with one attached hydrogen (secondary N) is 1. The fourth-order valence-electron chi connectivity index (χ4n) is 2.94. The summed E-state index contributed by atoms with van der Waals surface area (Å²) in [5.41, 5.74) is 3.59. The van der Waals surface area contributed by atoms with Crippen molar-refractivity contribution in [2.75, 3.05) is 26.0 Å². The molecule has 8 heteroatoms. The van der Waals surface area contributed by atoms with Crippen LogP contribution in [0.3, 0.4) is 0 Å². The maximum absolute atomic E-state index is 6.13. The fraction of sp³-hybridized carbons (Fsp3) is 0.294. The van der Waals surface area contributed by atoms with E-state index in [0.717, 1.165) is 36.3 Å². The second kappa shape index (κ2) is 6.42. The van der Waals surface area contributed by atoms with Gasteiger partial charge in [0.05, 0.1) is 12.8 Å². The van der Waals surface area contributed by atoms with Crippen LogP contribution < -0.4 is 10.1 Å². The molecule has 4 rings (SSSR count). The fourth-order valence-corrected chi connectivity index (χ4v) is 3.15. The van der Waals surface area contributed by atoms with Gasteiger partial charge in [-0.3, -0.25) is 0 Å². The Morgan fingerprint density at radius 2 is 2.16 bits per heavy atom. The van der Waals surface area contributed by atoms with Crippen molar-refractivity contribution in [3.63, 3.8) is 0 Å². The molecule has 3 aromatic rings. The van der Waals surface area contributed by atoms with Crippen molar-refractivity contribution in [3.05, 3.63) is 40.9 Å². The largest absolute Gasteiger partial charge is 0.480 e. The van der Waals surface area contributed by atoms with E-state index in [1.165, 1.54) is 5.56 Å². The molecule has 0 fully saturated rings. The van der Waals surface area contributed by atoms with Gasteiger partial charge in [0, 0.05) is 37.3 Å². The zero-order valence-corrected chi connectivity index (χ0v) is 14.7. The lowest BCUT2D eigenvalue weighted by Crippen LogP contribution is -2.27. The average molecular weight is 357 g/mol. The predicted molar refractivity (Wildman–Crippen MR) is 96.5 cm³/mol. The number of anilines is 2. The van der Waals surface area contributed by atoms with Crippen LogP contribution in [-0.4, -0.2) is 45.5 Å². The van der Waals surface area contributed by atoms with Crippen LogP contribution >= 0.6 is 11.6 Å². The zero-order chi connectivity index (χ0) is 17.4. The van der Waals surface area contributed by atoms with Crippen molar-refractivity contribution in [3.8, 4) is 5.88 Å². The van der Waals surface area contributed by atoms with Gasteiger partial charge in [-0.15, -0.1) is 0 Å². The number of halogens is 1. The van der Waals surface area contributed by atoms with Crippen LogP contribution in [0.15, 0.2) is 24.5 Å². The third-order valence-electron chi connectivity index (χ3n) is 4.22. The molecule has 0 bridgehead atoms. The maximum atomic E-state index is 6.13. The van der Waals surface area contributed by atoms with Crippen LogP contribution in [0.5, 0.6) is 5.88 Å². The van der Waals surface area contributed by atoms with Gasteiger partial charge in [-0.05, 0) is 24.7 Å². The highest BCUT2D eigenvalue weighted by Gasteiger charge is 2.19. The number of hydrogen-bond donors (Lipinski definition) is 1. The van der Waals surface area contributed by atoms with Gasteiger partial charge in [-0.1, -0.05) is 11.6 Å². The summed E-state index contributed by atoms with van der Waals surface area (Å²) in [4.78, 5) is 19.8. The highest BCUT2D eigenvalue weighted by molar-refractivity contribution is 6.33. The average Bonchev–Trinajstić information content (AvgIpc) is 2.62. The topological polar surface area (TPSA) is 76.1 Å². The number of rotatable bonds is 3. The molecule has 0 unspecified atom stereocenters. The monoisotopic (exact) mass is 356 g/mol. The van der Waals surface area contributed by atoms with Gasteiger partial charge in [0.1, 0.15) is 11.2 Å². The summed E-state index contributed by atoms with van der Waals surface area (Å²) < 4.78 is 5.44. The molecular formula is C17H17ClN6O. The highest BCUT2D eigenvalue weighted by atomic mass is 35.5. The summed E-state index contributed by atoms with van der Waals surface area (Å²) in [7, 11) is 3.71. The molecule has 0 saturated carbocycles. The Morgan fingerprint density at radius 3 is 3.00 bits per heavy atom. The normalized spacial score (nSPS) is 14.4. The predicted octanol–water partition coefficient (Wildman–Crippen LogP) is 2.81. The van der Waals surface area contributed by atoms with E-state index in [2.05, 4.69) is 43.3 Å². The maximum Gasteiger partial charge on any atom is 0.237 e. The molecule has 0 amide bonds. The zero-order valence-electron chi connectivity index (χ0n) is 14.0. The Hall–Kier alpha value is -2.51. The highest BCUT2D eigenvalue weighted by Crippen LogP contribution is 2.30.